The van der Waals surface area contributed by atoms with Crippen molar-refractivity contribution in [3.05, 3.63) is 87.5 Å². The van der Waals surface area contributed by atoms with E-state index in [1.54, 1.807) is 11.7 Å². The van der Waals surface area contributed by atoms with Gasteiger partial charge in [-0.2, -0.15) is 0 Å². The number of hydrogen-bond donors (Lipinski definition) is 1. The average molecular weight is 349 g/mol. The molecule has 25 heavy (non-hydrogen) atoms. The van der Waals surface area contributed by atoms with Gasteiger partial charge in [-0.1, -0.05) is 48.5 Å². The molecular weight excluding hydrogens is 334 g/mol. The molecule has 0 spiro atoms. The van der Waals surface area contributed by atoms with Crippen molar-refractivity contribution in [2.75, 3.05) is 6.54 Å². The van der Waals surface area contributed by atoms with Crippen molar-refractivity contribution in [2.45, 2.75) is 5.92 Å². The molecular formula is C19H15N3O2S. The number of rotatable bonds is 5. The Labute approximate surface area is 148 Å². The van der Waals surface area contributed by atoms with E-state index in [2.05, 4.69) is 9.97 Å². The molecule has 0 bridgehead atoms. The zero-order valence-electron chi connectivity index (χ0n) is 13.3. The minimum atomic E-state index is -0.329. The first-order valence-corrected chi connectivity index (χ1v) is 8.78. The number of aromatic amines is 1. The van der Waals surface area contributed by atoms with Crippen LogP contribution in [0, 0.1) is 10.1 Å². The van der Waals surface area contributed by atoms with Gasteiger partial charge in [-0.25, -0.2) is 0 Å². The number of aromatic nitrogens is 2. The monoisotopic (exact) mass is 349 g/mol. The zero-order valence-corrected chi connectivity index (χ0v) is 14.1. The van der Waals surface area contributed by atoms with Crippen molar-refractivity contribution in [1.29, 1.82) is 0 Å². The number of para-hydroxylation sites is 1. The number of benzene rings is 2. The summed E-state index contributed by atoms with van der Waals surface area (Å²) in [4.78, 5) is 19.7. The molecule has 0 aliphatic carbocycles. The first-order valence-electron chi connectivity index (χ1n) is 7.90. The number of nitrogens with one attached hydrogen (secondary N) is 1. The van der Waals surface area contributed by atoms with Crippen molar-refractivity contribution < 1.29 is 4.92 Å². The Bertz CT molecular complexity index is 1010. The van der Waals surface area contributed by atoms with Crippen molar-refractivity contribution in [3.8, 4) is 10.6 Å². The fraction of sp³-hybridized carbons (Fsp3) is 0.105. The molecule has 1 N–H and O–H groups in total. The molecule has 0 radical (unpaired) electrons. The number of thiazole rings is 1. The molecule has 1 unspecified atom stereocenters. The number of fused-ring (bicyclic) bond motifs is 1. The summed E-state index contributed by atoms with van der Waals surface area (Å²) in [5.74, 6) is -0.329. The second kappa shape index (κ2) is 6.49. The quantitative estimate of drug-likeness (QED) is 0.419. The Morgan fingerprint density at radius 3 is 2.60 bits per heavy atom. The minimum Gasteiger partial charge on any atom is -0.354 e. The molecule has 4 rings (SSSR count). The van der Waals surface area contributed by atoms with Gasteiger partial charge in [0, 0.05) is 27.6 Å². The highest BCUT2D eigenvalue weighted by Crippen LogP contribution is 2.39. The van der Waals surface area contributed by atoms with Crippen LogP contribution in [0.3, 0.4) is 0 Å². The topological polar surface area (TPSA) is 71.8 Å². The molecule has 6 heteroatoms. The Morgan fingerprint density at radius 2 is 1.88 bits per heavy atom. The Morgan fingerprint density at radius 1 is 1.12 bits per heavy atom. The smallest absolute Gasteiger partial charge is 0.214 e. The lowest BCUT2D eigenvalue weighted by atomic mass is 9.89. The van der Waals surface area contributed by atoms with Gasteiger partial charge in [0.2, 0.25) is 6.54 Å². The summed E-state index contributed by atoms with van der Waals surface area (Å²) in [5.41, 5.74) is 5.57. The van der Waals surface area contributed by atoms with Gasteiger partial charge in [0.25, 0.3) is 0 Å². The summed E-state index contributed by atoms with van der Waals surface area (Å²) in [6, 6.07) is 17.6. The standard InChI is InChI=1S/C19H15N3O2S/c23-22(24)11-15(13-6-2-1-3-7-13)18-14-8-4-5-9-16(14)21-19(18)17-10-20-12-25-17/h1-10,12,15,21H,11H2. The summed E-state index contributed by atoms with van der Waals surface area (Å²) in [7, 11) is 0. The molecule has 2 aromatic heterocycles. The molecule has 0 saturated heterocycles. The Balaban J connectivity index is 1.99. The zero-order chi connectivity index (χ0) is 17.2. The maximum atomic E-state index is 11.4. The van der Waals surface area contributed by atoms with Gasteiger partial charge in [-0.3, -0.25) is 15.1 Å². The van der Waals surface area contributed by atoms with E-state index in [0.29, 0.717) is 0 Å². The SMILES string of the molecule is O=[N+]([O-])CC(c1ccccc1)c1c(-c2cncs2)[nH]c2ccccc12. The van der Waals surface area contributed by atoms with E-state index in [4.69, 9.17) is 0 Å². The van der Waals surface area contributed by atoms with E-state index in [1.165, 1.54) is 11.3 Å². The van der Waals surface area contributed by atoms with Crippen LogP contribution in [0.2, 0.25) is 0 Å². The van der Waals surface area contributed by atoms with E-state index < -0.39 is 0 Å². The molecule has 0 aliphatic heterocycles. The summed E-state index contributed by atoms with van der Waals surface area (Å²) < 4.78 is 0. The second-order valence-corrected chi connectivity index (χ2v) is 6.69. The lowest BCUT2D eigenvalue weighted by Gasteiger charge is -2.15. The molecule has 1 atom stereocenters. The van der Waals surface area contributed by atoms with Crippen LogP contribution < -0.4 is 0 Å². The van der Waals surface area contributed by atoms with Crippen LogP contribution in [0.1, 0.15) is 17.0 Å². The van der Waals surface area contributed by atoms with E-state index in [0.717, 1.165) is 32.6 Å². The van der Waals surface area contributed by atoms with Crippen LogP contribution in [0.5, 0.6) is 0 Å². The van der Waals surface area contributed by atoms with Gasteiger partial charge >= 0.3 is 0 Å². The molecule has 2 heterocycles. The van der Waals surface area contributed by atoms with Gasteiger partial charge < -0.3 is 4.98 Å². The van der Waals surface area contributed by atoms with Gasteiger partial charge in [0.1, 0.15) is 0 Å². The predicted octanol–water partition coefficient (Wildman–Crippen LogP) is 4.70. The Kier molecular flexibility index (Phi) is 4.03. The van der Waals surface area contributed by atoms with Gasteiger partial charge in [0.05, 0.1) is 22.0 Å². The van der Waals surface area contributed by atoms with Crippen LogP contribution in [0.4, 0.5) is 0 Å². The van der Waals surface area contributed by atoms with Crippen molar-refractivity contribution in [1.82, 2.24) is 9.97 Å². The molecule has 124 valence electrons. The summed E-state index contributed by atoms with van der Waals surface area (Å²) in [5, 5.41) is 12.4. The molecule has 0 aliphatic rings. The first-order chi connectivity index (χ1) is 12.2. The molecule has 5 nitrogen and oxygen atoms in total. The van der Waals surface area contributed by atoms with Crippen LogP contribution >= 0.6 is 11.3 Å². The van der Waals surface area contributed by atoms with Gasteiger partial charge in [-0.05, 0) is 11.6 Å². The first kappa shape index (κ1) is 15.5. The maximum Gasteiger partial charge on any atom is 0.214 e. The van der Waals surface area contributed by atoms with E-state index >= 15 is 0 Å². The third-order valence-electron chi connectivity index (χ3n) is 4.31. The van der Waals surface area contributed by atoms with E-state index in [-0.39, 0.29) is 17.4 Å². The normalized spacial score (nSPS) is 12.3. The second-order valence-electron chi connectivity index (χ2n) is 5.80. The molecule has 0 amide bonds. The van der Waals surface area contributed by atoms with Crippen LogP contribution in [0.25, 0.3) is 21.5 Å². The highest BCUT2D eigenvalue weighted by Gasteiger charge is 2.27. The van der Waals surface area contributed by atoms with Crippen molar-refractivity contribution in [2.24, 2.45) is 0 Å². The predicted molar refractivity (Wildman–Crippen MR) is 99.6 cm³/mol. The van der Waals surface area contributed by atoms with Crippen LogP contribution in [0.15, 0.2) is 66.3 Å². The fourth-order valence-corrected chi connectivity index (χ4v) is 3.89. The van der Waals surface area contributed by atoms with Crippen LogP contribution in [-0.4, -0.2) is 21.4 Å². The number of H-pyrrole nitrogens is 1. The fourth-order valence-electron chi connectivity index (χ4n) is 3.26. The van der Waals surface area contributed by atoms with E-state index in [9.17, 15) is 10.1 Å². The number of nitro groups is 1. The van der Waals surface area contributed by atoms with Crippen LogP contribution in [-0.2, 0) is 0 Å². The third kappa shape index (κ3) is 2.92. The molecule has 0 fully saturated rings. The number of nitrogens with zero attached hydrogens (tertiary/aromatic N) is 2. The van der Waals surface area contributed by atoms with E-state index in [1.807, 2.05) is 54.6 Å². The lowest BCUT2D eigenvalue weighted by molar-refractivity contribution is -0.481. The van der Waals surface area contributed by atoms with Gasteiger partial charge in [0.15, 0.2) is 0 Å². The average Bonchev–Trinajstić information content (AvgIpc) is 3.28. The maximum absolute atomic E-state index is 11.4. The highest BCUT2D eigenvalue weighted by molar-refractivity contribution is 7.13. The highest BCUT2D eigenvalue weighted by atomic mass is 32.1. The summed E-state index contributed by atoms with van der Waals surface area (Å²) in [6.07, 6.45) is 1.80. The Hall–Kier alpha value is -2.99. The molecule has 2 aromatic carbocycles. The summed E-state index contributed by atoms with van der Waals surface area (Å²) in [6.45, 7) is -0.155. The van der Waals surface area contributed by atoms with Gasteiger partial charge in [-0.15, -0.1) is 11.3 Å². The molecule has 4 aromatic rings. The third-order valence-corrected chi connectivity index (χ3v) is 5.10. The van der Waals surface area contributed by atoms with Crippen molar-refractivity contribution >= 4 is 22.2 Å². The largest absolute Gasteiger partial charge is 0.354 e. The molecule has 0 saturated carbocycles. The van der Waals surface area contributed by atoms with Crippen molar-refractivity contribution in [3.63, 3.8) is 0 Å². The number of hydrogen-bond acceptors (Lipinski definition) is 4. The summed E-state index contributed by atoms with van der Waals surface area (Å²) >= 11 is 1.52. The lowest BCUT2D eigenvalue weighted by Crippen LogP contribution is -2.14. The minimum absolute atomic E-state index is 0.155.